The van der Waals surface area contributed by atoms with Crippen LogP contribution >= 0.6 is 15.9 Å². The van der Waals surface area contributed by atoms with E-state index in [4.69, 9.17) is 5.11 Å². The fourth-order valence-electron chi connectivity index (χ4n) is 2.90. The number of carboxylic acids is 1. The van der Waals surface area contributed by atoms with Crippen LogP contribution in [-0.2, 0) is 4.79 Å². The van der Waals surface area contributed by atoms with Crippen molar-refractivity contribution in [1.29, 1.82) is 0 Å². The van der Waals surface area contributed by atoms with Crippen LogP contribution in [-0.4, -0.2) is 59.5 Å². The third-order valence-electron chi connectivity index (χ3n) is 4.15. The molecule has 1 heterocycles. The van der Waals surface area contributed by atoms with Gasteiger partial charge in [0.15, 0.2) is 0 Å². The van der Waals surface area contributed by atoms with E-state index in [2.05, 4.69) is 15.9 Å². The summed E-state index contributed by atoms with van der Waals surface area (Å²) in [5.41, 5.74) is 0.0746. The van der Waals surface area contributed by atoms with Crippen LogP contribution in [0.5, 0.6) is 0 Å². The van der Waals surface area contributed by atoms with E-state index < -0.39 is 11.8 Å². The fraction of sp³-hybridized carbons (Fsp3) is 0.500. The topological polar surface area (TPSA) is 60.9 Å². The number of likely N-dealkylation sites (tertiary alicyclic amines) is 1. The molecule has 5 nitrogen and oxygen atoms in total. The molecule has 1 saturated heterocycles. The zero-order valence-electron chi connectivity index (χ0n) is 13.0. The lowest BCUT2D eigenvalue weighted by Gasteiger charge is -2.25. The molecule has 1 unspecified atom stereocenters. The molecule has 2 rings (SSSR count). The Labute approximate surface area is 143 Å². The van der Waals surface area contributed by atoms with Gasteiger partial charge in [-0.15, -0.1) is 0 Å². The van der Waals surface area contributed by atoms with Gasteiger partial charge < -0.3 is 10.0 Å². The van der Waals surface area contributed by atoms with Gasteiger partial charge in [0.05, 0.1) is 12.1 Å². The average molecular weight is 387 g/mol. The van der Waals surface area contributed by atoms with E-state index in [1.54, 1.807) is 22.9 Å². The van der Waals surface area contributed by atoms with Crippen LogP contribution in [0.4, 0.5) is 4.39 Å². The summed E-state index contributed by atoms with van der Waals surface area (Å²) in [6.45, 7) is 1.05. The van der Waals surface area contributed by atoms with E-state index in [0.29, 0.717) is 24.0 Å². The highest BCUT2D eigenvalue weighted by Gasteiger charge is 2.25. The number of likely N-dealkylation sites (N-methyl/N-ethyl adjacent to an activating group) is 1. The molecule has 1 aliphatic heterocycles. The smallest absolute Gasteiger partial charge is 0.317 e. The van der Waals surface area contributed by atoms with E-state index in [1.165, 1.54) is 12.1 Å². The number of carboxylic acid groups (broad SMARTS) is 1. The van der Waals surface area contributed by atoms with Crippen molar-refractivity contribution in [3.63, 3.8) is 0 Å². The Hall–Kier alpha value is -1.47. The Morgan fingerprint density at radius 3 is 2.78 bits per heavy atom. The summed E-state index contributed by atoms with van der Waals surface area (Å²) in [4.78, 5) is 26.8. The third kappa shape index (κ3) is 4.75. The Balaban J connectivity index is 2.02. The summed E-state index contributed by atoms with van der Waals surface area (Å²) in [6.07, 6.45) is 2.29. The molecule has 7 heteroatoms. The molecule has 1 amide bonds. The largest absolute Gasteiger partial charge is 0.480 e. The Kier molecular flexibility index (Phi) is 6.12. The molecule has 0 aromatic heterocycles. The lowest BCUT2D eigenvalue weighted by Crippen LogP contribution is -2.37. The van der Waals surface area contributed by atoms with Gasteiger partial charge in [0.25, 0.3) is 5.91 Å². The minimum atomic E-state index is -0.860. The molecule has 0 aliphatic carbocycles. The molecule has 126 valence electrons. The molecule has 0 saturated carbocycles. The number of aliphatic carboxylic acids is 1. The zero-order valence-corrected chi connectivity index (χ0v) is 14.6. The Morgan fingerprint density at radius 1 is 1.39 bits per heavy atom. The monoisotopic (exact) mass is 386 g/mol. The summed E-state index contributed by atoms with van der Waals surface area (Å²) < 4.78 is 14.5. The first-order valence-corrected chi connectivity index (χ1v) is 8.34. The number of halogens is 2. The fourth-order valence-corrected chi connectivity index (χ4v) is 3.23. The number of hydrogen-bond donors (Lipinski definition) is 1. The van der Waals surface area contributed by atoms with Crippen molar-refractivity contribution in [3.05, 3.63) is 34.1 Å². The van der Waals surface area contributed by atoms with Gasteiger partial charge in [0.1, 0.15) is 5.82 Å². The number of rotatable bonds is 4. The zero-order chi connectivity index (χ0) is 17.0. The number of carbonyl (C=O) groups excluding carboxylic acids is 1. The van der Waals surface area contributed by atoms with E-state index in [9.17, 15) is 14.0 Å². The molecule has 1 aliphatic rings. The van der Waals surface area contributed by atoms with Gasteiger partial charge in [-0.2, -0.15) is 0 Å². The standard InChI is InChI=1S/C16H20BrFN2O3/c1-19(10-15(21)22)12-3-2-7-20(8-6-12)16(23)13-5-4-11(17)9-14(13)18/h4-5,9,12H,2-3,6-8,10H2,1H3,(H,21,22). The molecule has 0 bridgehead atoms. The van der Waals surface area contributed by atoms with Crippen molar-refractivity contribution >= 4 is 27.8 Å². The number of carbonyl (C=O) groups is 2. The van der Waals surface area contributed by atoms with Crippen molar-refractivity contribution in [2.75, 3.05) is 26.7 Å². The van der Waals surface area contributed by atoms with Crippen molar-refractivity contribution in [2.24, 2.45) is 0 Å². The second-order valence-corrected chi connectivity index (χ2v) is 6.73. The Bertz CT molecular complexity index is 597. The molecule has 0 spiro atoms. The minimum Gasteiger partial charge on any atom is -0.480 e. The maximum Gasteiger partial charge on any atom is 0.317 e. The Morgan fingerprint density at radius 2 is 2.13 bits per heavy atom. The van der Waals surface area contributed by atoms with Crippen LogP contribution in [0, 0.1) is 5.82 Å². The number of nitrogens with zero attached hydrogens (tertiary/aromatic N) is 2. The molecule has 1 N–H and O–H groups in total. The molecule has 1 aromatic carbocycles. The first-order chi connectivity index (χ1) is 10.9. The summed E-state index contributed by atoms with van der Waals surface area (Å²) >= 11 is 3.18. The van der Waals surface area contributed by atoms with Crippen LogP contribution in [0.15, 0.2) is 22.7 Å². The van der Waals surface area contributed by atoms with Crippen LogP contribution in [0.1, 0.15) is 29.6 Å². The molecule has 1 fully saturated rings. The minimum absolute atomic E-state index is 0.0139. The number of amides is 1. The molecule has 1 atom stereocenters. The lowest BCUT2D eigenvalue weighted by atomic mass is 10.1. The van der Waals surface area contributed by atoms with Crippen LogP contribution in [0.3, 0.4) is 0 Å². The predicted molar refractivity (Wildman–Crippen MR) is 87.9 cm³/mol. The maximum absolute atomic E-state index is 14.0. The van der Waals surface area contributed by atoms with Crippen molar-refractivity contribution in [1.82, 2.24) is 9.80 Å². The maximum atomic E-state index is 14.0. The van der Waals surface area contributed by atoms with E-state index in [-0.39, 0.29) is 24.1 Å². The van der Waals surface area contributed by atoms with Gasteiger partial charge in [-0.3, -0.25) is 14.5 Å². The van der Waals surface area contributed by atoms with Gasteiger partial charge in [-0.05, 0) is 44.5 Å². The normalized spacial score (nSPS) is 18.8. The second kappa shape index (κ2) is 7.88. The molecular formula is C16H20BrFN2O3. The number of benzene rings is 1. The van der Waals surface area contributed by atoms with Gasteiger partial charge in [-0.25, -0.2) is 4.39 Å². The number of hydrogen-bond acceptors (Lipinski definition) is 3. The van der Waals surface area contributed by atoms with Gasteiger partial charge >= 0.3 is 5.97 Å². The van der Waals surface area contributed by atoms with Crippen molar-refractivity contribution in [2.45, 2.75) is 25.3 Å². The van der Waals surface area contributed by atoms with E-state index in [1.807, 2.05) is 0 Å². The van der Waals surface area contributed by atoms with Crippen LogP contribution in [0.25, 0.3) is 0 Å². The van der Waals surface area contributed by atoms with Crippen LogP contribution in [0.2, 0.25) is 0 Å². The van der Waals surface area contributed by atoms with Crippen molar-refractivity contribution in [3.8, 4) is 0 Å². The highest BCUT2D eigenvalue weighted by Crippen LogP contribution is 2.20. The molecule has 0 radical (unpaired) electrons. The first-order valence-electron chi connectivity index (χ1n) is 7.55. The predicted octanol–water partition coefficient (Wildman–Crippen LogP) is 2.60. The summed E-state index contributed by atoms with van der Waals surface area (Å²) in [7, 11) is 1.78. The van der Waals surface area contributed by atoms with Gasteiger partial charge in [-0.1, -0.05) is 15.9 Å². The molecule has 23 heavy (non-hydrogen) atoms. The second-order valence-electron chi connectivity index (χ2n) is 5.81. The third-order valence-corrected chi connectivity index (χ3v) is 4.65. The van der Waals surface area contributed by atoms with Crippen LogP contribution < -0.4 is 0 Å². The quantitative estimate of drug-likeness (QED) is 0.863. The highest BCUT2D eigenvalue weighted by molar-refractivity contribution is 9.10. The average Bonchev–Trinajstić information content (AvgIpc) is 2.71. The first kappa shape index (κ1) is 17.9. The van der Waals surface area contributed by atoms with Gasteiger partial charge in [0, 0.05) is 23.6 Å². The highest BCUT2D eigenvalue weighted by atomic mass is 79.9. The summed E-state index contributed by atoms with van der Waals surface area (Å²) in [5, 5.41) is 8.87. The summed E-state index contributed by atoms with van der Waals surface area (Å²) in [6, 6.07) is 4.55. The SMILES string of the molecule is CN(CC(=O)O)C1CCCN(C(=O)c2ccc(Br)cc2F)CC1. The lowest BCUT2D eigenvalue weighted by molar-refractivity contribution is -0.138. The molecular weight excluding hydrogens is 367 g/mol. The van der Waals surface area contributed by atoms with Crippen molar-refractivity contribution < 1.29 is 19.1 Å². The van der Waals surface area contributed by atoms with E-state index in [0.717, 1.165) is 12.8 Å². The molecule has 1 aromatic rings. The summed E-state index contributed by atoms with van der Waals surface area (Å²) in [5.74, 6) is -1.70. The van der Waals surface area contributed by atoms with Gasteiger partial charge in [0.2, 0.25) is 0 Å². The van der Waals surface area contributed by atoms with E-state index >= 15 is 0 Å².